The fourth-order valence-corrected chi connectivity index (χ4v) is 4.31. The van der Waals surface area contributed by atoms with E-state index in [2.05, 4.69) is 5.32 Å². The van der Waals surface area contributed by atoms with Gasteiger partial charge in [0.25, 0.3) is 5.91 Å². The number of hydrogen-bond donors (Lipinski definition) is 2. The third kappa shape index (κ3) is 3.76. The van der Waals surface area contributed by atoms with Crippen LogP contribution in [-0.2, 0) is 4.74 Å². The summed E-state index contributed by atoms with van der Waals surface area (Å²) in [6.07, 6.45) is 7.36. The van der Waals surface area contributed by atoms with Gasteiger partial charge in [0, 0.05) is 17.7 Å². The summed E-state index contributed by atoms with van der Waals surface area (Å²) in [5.41, 5.74) is 0.000514. The van der Waals surface area contributed by atoms with E-state index in [1.54, 1.807) is 0 Å². The quantitative estimate of drug-likeness (QED) is 0.828. The predicted octanol–water partition coefficient (Wildman–Crippen LogP) is 4.31. The summed E-state index contributed by atoms with van der Waals surface area (Å²) in [6, 6.07) is 2.83. The minimum Gasteiger partial charge on any atom is -0.507 e. The van der Waals surface area contributed by atoms with Crippen LogP contribution >= 0.6 is 23.2 Å². The molecule has 1 unspecified atom stereocenters. The van der Waals surface area contributed by atoms with Gasteiger partial charge in [0.1, 0.15) is 5.75 Å². The van der Waals surface area contributed by atoms with Crippen molar-refractivity contribution in [3.05, 3.63) is 27.7 Å². The first-order valence-electron chi connectivity index (χ1n) is 8.12. The van der Waals surface area contributed by atoms with Crippen LogP contribution in [0.15, 0.2) is 12.1 Å². The van der Waals surface area contributed by atoms with Gasteiger partial charge in [0.2, 0.25) is 0 Å². The zero-order valence-electron chi connectivity index (χ0n) is 12.9. The molecule has 1 spiro atoms. The Kier molecular flexibility index (Phi) is 5.04. The Balaban J connectivity index is 1.70. The highest BCUT2D eigenvalue weighted by Gasteiger charge is 2.39. The van der Waals surface area contributed by atoms with Crippen molar-refractivity contribution in [2.45, 2.75) is 56.6 Å². The Morgan fingerprint density at radius 1 is 1.26 bits per heavy atom. The SMILES string of the molecule is O=C(NC1CCOC2(CCCCC2)C1)c1c(O)cc(Cl)cc1Cl. The number of carbonyl (C=O) groups is 1. The smallest absolute Gasteiger partial charge is 0.256 e. The lowest BCUT2D eigenvalue weighted by atomic mass is 9.78. The standard InChI is InChI=1S/C17H21Cl2NO3/c18-11-8-13(19)15(14(21)9-11)16(22)20-12-4-7-23-17(10-12)5-2-1-3-6-17/h8-9,12,21H,1-7,10H2,(H,20,22). The van der Waals surface area contributed by atoms with Crippen molar-refractivity contribution >= 4 is 29.1 Å². The van der Waals surface area contributed by atoms with E-state index in [0.29, 0.717) is 11.6 Å². The lowest BCUT2D eigenvalue weighted by Gasteiger charge is -2.43. The van der Waals surface area contributed by atoms with E-state index < -0.39 is 0 Å². The molecule has 1 aliphatic carbocycles. The van der Waals surface area contributed by atoms with Crippen LogP contribution in [0.5, 0.6) is 5.75 Å². The highest BCUT2D eigenvalue weighted by molar-refractivity contribution is 6.37. The molecule has 0 bridgehead atoms. The van der Waals surface area contributed by atoms with Gasteiger partial charge in [-0.05, 0) is 37.8 Å². The van der Waals surface area contributed by atoms with Crippen LogP contribution in [-0.4, -0.2) is 29.3 Å². The minimum absolute atomic E-state index is 0.0421. The summed E-state index contributed by atoms with van der Waals surface area (Å²) < 4.78 is 6.04. The van der Waals surface area contributed by atoms with Gasteiger partial charge in [-0.25, -0.2) is 0 Å². The number of rotatable bonds is 2. The van der Waals surface area contributed by atoms with Gasteiger partial charge < -0.3 is 15.2 Å². The van der Waals surface area contributed by atoms with E-state index in [-0.39, 0.29) is 33.9 Å². The highest BCUT2D eigenvalue weighted by Crippen LogP contribution is 2.39. The maximum atomic E-state index is 12.5. The molecule has 1 amide bonds. The molecule has 1 saturated heterocycles. The molecule has 6 heteroatoms. The van der Waals surface area contributed by atoms with Crippen molar-refractivity contribution < 1.29 is 14.6 Å². The zero-order valence-corrected chi connectivity index (χ0v) is 14.4. The van der Waals surface area contributed by atoms with Gasteiger partial charge in [-0.1, -0.05) is 42.5 Å². The van der Waals surface area contributed by atoms with E-state index in [1.807, 2.05) is 0 Å². The molecule has 4 nitrogen and oxygen atoms in total. The largest absolute Gasteiger partial charge is 0.507 e. The molecule has 23 heavy (non-hydrogen) atoms. The van der Waals surface area contributed by atoms with Crippen LogP contribution in [0.2, 0.25) is 10.0 Å². The van der Waals surface area contributed by atoms with Crippen molar-refractivity contribution in [3.63, 3.8) is 0 Å². The molecular formula is C17H21Cl2NO3. The first-order chi connectivity index (χ1) is 11.0. The topological polar surface area (TPSA) is 58.6 Å². The van der Waals surface area contributed by atoms with Crippen LogP contribution in [0.1, 0.15) is 55.3 Å². The number of nitrogens with one attached hydrogen (secondary N) is 1. The van der Waals surface area contributed by atoms with Crippen molar-refractivity contribution in [2.75, 3.05) is 6.61 Å². The fourth-order valence-electron chi connectivity index (χ4n) is 3.74. The molecule has 2 aliphatic rings. The molecule has 126 valence electrons. The Hall–Kier alpha value is -0.970. The number of aromatic hydroxyl groups is 1. The number of amides is 1. The second kappa shape index (κ2) is 6.88. The van der Waals surface area contributed by atoms with E-state index in [9.17, 15) is 9.90 Å². The van der Waals surface area contributed by atoms with Crippen LogP contribution in [0.25, 0.3) is 0 Å². The number of hydrogen-bond acceptors (Lipinski definition) is 3. The van der Waals surface area contributed by atoms with Gasteiger partial charge in [-0.15, -0.1) is 0 Å². The van der Waals surface area contributed by atoms with Gasteiger partial charge in [-0.2, -0.15) is 0 Å². The molecule has 1 saturated carbocycles. The third-order valence-electron chi connectivity index (χ3n) is 4.85. The van der Waals surface area contributed by atoms with Gasteiger partial charge in [0.15, 0.2) is 0 Å². The molecule has 1 atom stereocenters. The van der Waals surface area contributed by atoms with Crippen LogP contribution < -0.4 is 5.32 Å². The summed E-state index contributed by atoms with van der Waals surface area (Å²) in [4.78, 5) is 12.5. The average molecular weight is 358 g/mol. The second-order valence-electron chi connectivity index (χ2n) is 6.54. The Morgan fingerprint density at radius 2 is 2.00 bits per heavy atom. The molecule has 2 N–H and O–H groups in total. The maximum absolute atomic E-state index is 12.5. The Morgan fingerprint density at radius 3 is 2.70 bits per heavy atom. The molecule has 0 radical (unpaired) electrons. The van der Waals surface area contributed by atoms with E-state index in [4.69, 9.17) is 27.9 Å². The lowest BCUT2D eigenvalue weighted by molar-refractivity contribution is -0.107. The second-order valence-corrected chi connectivity index (χ2v) is 7.38. The van der Waals surface area contributed by atoms with Crippen molar-refractivity contribution in [1.82, 2.24) is 5.32 Å². The van der Waals surface area contributed by atoms with Gasteiger partial charge in [-0.3, -0.25) is 4.79 Å². The molecule has 0 aromatic heterocycles. The summed E-state index contributed by atoms with van der Waals surface area (Å²) >= 11 is 11.9. The molecular weight excluding hydrogens is 337 g/mol. The van der Waals surface area contributed by atoms with Crippen LogP contribution in [0.3, 0.4) is 0 Å². The summed E-state index contributed by atoms with van der Waals surface area (Å²) in [6.45, 7) is 0.658. The summed E-state index contributed by atoms with van der Waals surface area (Å²) in [5, 5.41) is 13.4. The van der Waals surface area contributed by atoms with Crippen LogP contribution in [0.4, 0.5) is 0 Å². The molecule has 1 aliphatic heterocycles. The number of halogens is 2. The minimum atomic E-state index is -0.359. The summed E-state index contributed by atoms with van der Waals surface area (Å²) in [7, 11) is 0. The number of benzene rings is 1. The monoisotopic (exact) mass is 357 g/mol. The normalized spacial score (nSPS) is 23.7. The Labute approximate surface area is 146 Å². The average Bonchev–Trinajstić information content (AvgIpc) is 2.47. The molecule has 1 heterocycles. The number of ether oxygens (including phenoxy) is 1. The predicted molar refractivity (Wildman–Crippen MR) is 90.4 cm³/mol. The first-order valence-corrected chi connectivity index (χ1v) is 8.87. The first kappa shape index (κ1) is 16.9. The summed E-state index contributed by atoms with van der Waals surface area (Å²) in [5.74, 6) is -0.554. The molecule has 3 rings (SSSR count). The zero-order chi connectivity index (χ0) is 16.4. The van der Waals surface area contributed by atoms with Crippen molar-refractivity contribution in [1.29, 1.82) is 0 Å². The number of phenols is 1. The molecule has 1 aromatic rings. The molecule has 2 fully saturated rings. The van der Waals surface area contributed by atoms with Crippen molar-refractivity contribution in [3.8, 4) is 5.75 Å². The van der Waals surface area contributed by atoms with E-state index in [1.165, 1.54) is 31.4 Å². The number of carbonyl (C=O) groups excluding carboxylic acids is 1. The van der Waals surface area contributed by atoms with Crippen LogP contribution in [0, 0.1) is 0 Å². The van der Waals surface area contributed by atoms with Crippen molar-refractivity contribution in [2.24, 2.45) is 0 Å². The maximum Gasteiger partial charge on any atom is 0.256 e. The lowest BCUT2D eigenvalue weighted by Crippen LogP contribution is -2.49. The Bertz CT molecular complexity index is 571. The van der Waals surface area contributed by atoms with E-state index >= 15 is 0 Å². The fraction of sp³-hybridized carbons (Fsp3) is 0.588. The van der Waals surface area contributed by atoms with Gasteiger partial charge >= 0.3 is 0 Å². The highest BCUT2D eigenvalue weighted by atomic mass is 35.5. The van der Waals surface area contributed by atoms with Gasteiger partial charge in [0.05, 0.1) is 16.2 Å². The number of phenolic OH excluding ortho intramolecular Hbond substituents is 1. The van der Waals surface area contributed by atoms with E-state index in [0.717, 1.165) is 25.7 Å². The third-order valence-corrected chi connectivity index (χ3v) is 5.37. The molecule has 1 aromatic carbocycles.